The molecule has 0 aliphatic carbocycles. The summed E-state index contributed by atoms with van der Waals surface area (Å²) in [7, 11) is 0. The number of carbonyl (C=O) groups excluding carboxylic acids is 1. The Hall–Kier alpha value is -2.69. The summed E-state index contributed by atoms with van der Waals surface area (Å²) in [6.45, 7) is 15.1. The molecule has 2 heterocycles. The van der Waals surface area contributed by atoms with Crippen LogP contribution in [0.4, 0.5) is 0 Å². The molecule has 1 aromatic carbocycles. The number of benzene rings is 1. The molecule has 0 radical (unpaired) electrons. The van der Waals surface area contributed by atoms with Crippen LogP contribution in [0.5, 0.6) is 0 Å². The Morgan fingerprint density at radius 3 is 2.43 bits per heavy atom. The molecule has 0 unspecified atom stereocenters. The van der Waals surface area contributed by atoms with Crippen molar-refractivity contribution in [3.8, 4) is 11.3 Å². The number of fused-ring (bicyclic) bond motifs is 1. The number of rotatable bonds is 5. The molecule has 28 heavy (non-hydrogen) atoms. The Kier molecular flexibility index (Phi) is 5.54. The van der Waals surface area contributed by atoms with Crippen molar-refractivity contribution in [2.24, 2.45) is 0 Å². The molecule has 0 aliphatic heterocycles. The van der Waals surface area contributed by atoms with Gasteiger partial charge < -0.3 is 4.90 Å². The highest BCUT2D eigenvalue weighted by atomic mass is 16.2. The van der Waals surface area contributed by atoms with E-state index in [1.54, 1.807) is 0 Å². The zero-order chi connectivity index (χ0) is 20.6. The summed E-state index contributed by atoms with van der Waals surface area (Å²) in [5, 5.41) is 5.38. The van der Waals surface area contributed by atoms with E-state index < -0.39 is 0 Å². The van der Waals surface area contributed by atoms with Crippen molar-refractivity contribution in [1.82, 2.24) is 19.7 Å². The molecule has 0 N–H and O–H groups in total. The number of amides is 1. The van der Waals surface area contributed by atoms with Crippen LogP contribution in [0.2, 0.25) is 0 Å². The lowest BCUT2D eigenvalue weighted by Crippen LogP contribution is -2.36. The summed E-state index contributed by atoms with van der Waals surface area (Å²) < 4.78 is 1.91. The molecule has 0 bridgehead atoms. The van der Waals surface area contributed by atoms with E-state index in [4.69, 9.17) is 4.98 Å². The van der Waals surface area contributed by atoms with Crippen LogP contribution >= 0.6 is 0 Å². The zero-order valence-corrected chi connectivity index (χ0v) is 17.9. The number of aryl methyl sites for hydroxylation is 2. The Morgan fingerprint density at radius 1 is 1.14 bits per heavy atom. The van der Waals surface area contributed by atoms with Crippen molar-refractivity contribution in [1.29, 1.82) is 0 Å². The van der Waals surface area contributed by atoms with E-state index in [1.165, 1.54) is 0 Å². The molecule has 148 valence electrons. The van der Waals surface area contributed by atoms with Gasteiger partial charge in [0, 0.05) is 35.8 Å². The molecule has 0 spiro atoms. The fraction of sp³-hybridized carbons (Fsp3) is 0.435. The van der Waals surface area contributed by atoms with Gasteiger partial charge in [0.2, 0.25) is 0 Å². The summed E-state index contributed by atoms with van der Waals surface area (Å²) >= 11 is 0. The number of hydrogen-bond acceptors (Lipinski definition) is 3. The lowest BCUT2D eigenvalue weighted by atomic mass is 9.98. The molecule has 0 aliphatic rings. The first kappa shape index (κ1) is 20.1. The normalized spacial score (nSPS) is 11.6. The predicted molar refractivity (Wildman–Crippen MR) is 115 cm³/mol. The van der Waals surface area contributed by atoms with Crippen LogP contribution in [0, 0.1) is 13.8 Å². The molecule has 2 aromatic heterocycles. The topological polar surface area (TPSA) is 51.0 Å². The van der Waals surface area contributed by atoms with Crippen LogP contribution in [0.25, 0.3) is 22.2 Å². The van der Waals surface area contributed by atoms with Gasteiger partial charge in [-0.2, -0.15) is 5.10 Å². The third-order valence-corrected chi connectivity index (χ3v) is 5.13. The smallest absolute Gasteiger partial charge is 0.254 e. The maximum atomic E-state index is 13.4. The quantitative estimate of drug-likeness (QED) is 0.616. The molecule has 5 heteroatoms. The van der Waals surface area contributed by atoms with Gasteiger partial charge in [-0.25, -0.2) is 4.98 Å². The summed E-state index contributed by atoms with van der Waals surface area (Å²) in [4.78, 5) is 20.2. The minimum Gasteiger partial charge on any atom is -0.336 e. The number of carbonyl (C=O) groups is 1. The SMILES string of the molecule is CCN(C(=O)c1cc(-c2cnn(C(C)C)c2)nc2cc(C)cc(C)c12)C(C)C. The maximum absolute atomic E-state index is 13.4. The first-order valence-electron chi connectivity index (χ1n) is 10.00. The van der Waals surface area contributed by atoms with E-state index >= 15 is 0 Å². The summed E-state index contributed by atoms with van der Waals surface area (Å²) in [6.07, 6.45) is 3.82. The Balaban J connectivity index is 2.26. The molecule has 0 saturated heterocycles. The number of nitrogens with zero attached hydrogens (tertiary/aromatic N) is 4. The van der Waals surface area contributed by atoms with Crippen LogP contribution in [0.15, 0.2) is 30.6 Å². The molecule has 0 fully saturated rings. The largest absolute Gasteiger partial charge is 0.336 e. The highest BCUT2D eigenvalue weighted by Crippen LogP contribution is 2.29. The highest BCUT2D eigenvalue weighted by Gasteiger charge is 2.22. The summed E-state index contributed by atoms with van der Waals surface area (Å²) in [6, 6.07) is 6.51. The molecule has 3 rings (SSSR count). The van der Waals surface area contributed by atoms with Gasteiger partial charge in [0.15, 0.2) is 0 Å². The van der Waals surface area contributed by atoms with E-state index in [9.17, 15) is 4.79 Å². The number of pyridine rings is 1. The van der Waals surface area contributed by atoms with Gasteiger partial charge in [-0.1, -0.05) is 6.07 Å². The number of aromatic nitrogens is 3. The lowest BCUT2D eigenvalue weighted by molar-refractivity contribution is 0.0719. The van der Waals surface area contributed by atoms with Crippen molar-refractivity contribution < 1.29 is 4.79 Å². The Morgan fingerprint density at radius 2 is 1.86 bits per heavy atom. The van der Waals surface area contributed by atoms with E-state index in [1.807, 2.05) is 35.0 Å². The molecule has 3 aromatic rings. The average molecular weight is 379 g/mol. The van der Waals surface area contributed by atoms with Gasteiger partial charge in [0.1, 0.15) is 0 Å². The van der Waals surface area contributed by atoms with Crippen molar-refractivity contribution in [3.05, 3.63) is 47.3 Å². The minimum atomic E-state index is 0.0503. The van der Waals surface area contributed by atoms with Crippen LogP contribution < -0.4 is 0 Å². The molecule has 1 amide bonds. The third kappa shape index (κ3) is 3.66. The average Bonchev–Trinajstić information content (AvgIpc) is 3.11. The van der Waals surface area contributed by atoms with Gasteiger partial charge in [-0.05, 0) is 71.7 Å². The molecule has 0 saturated carbocycles. The van der Waals surface area contributed by atoms with Gasteiger partial charge in [-0.15, -0.1) is 0 Å². The molecule has 0 atom stereocenters. The monoisotopic (exact) mass is 378 g/mol. The molecular weight excluding hydrogens is 348 g/mol. The summed E-state index contributed by atoms with van der Waals surface area (Å²) in [5.74, 6) is 0.0503. The van der Waals surface area contributed by atoms with E-state index in [-0.39, 0.29) is 18.0 Å². The predicted octanol–water partition coefficient (Wildman–Crippen LogP) is 5.17. The van der Waals surface area contributed by atoms with Crippen molar-refractivity contribution in [2.45, 2.75) is 60.5 Å². The van der Waals surface area contributed by atoms with E-state index in [0.717, 1.165) is 33.3 Å². The van der Waals surface area contributed by atoms with Gasteiger partial charge >= 0.3 is 0 Å². The second-order valence-electron chi connectivity index (χ2n) is 8.02. The fourth-order valence-corrected chi connectivity index (χ4v) is 3.72. The number of hydrogen-bond donors (Lipinski definition) is 0. The third-order valence-electron chi connectivity index (χ3n) is 5.13. The van der Waals surface area contributed by atoms with Crippen LogP contribution in [0.3, 0.4) is 0 Å². The van der Waals surface area contributed by atoms with E-state index in [0.29, 0.717) is 12.1 Å². The first-order valence-corrected chi connectivity index (χ1v) is 10.00. The Labute approximate surface area is 167 Å². The molecular formula is C23H30N4O. The van der Waals surface area contributed by atoms with Gasteiger partial charge in [0.05, 0.1) is 23.0 Å². The van der Waals surface area contributed by atoms with Crippen molar-refractivity contribution >= 4 is 16.8 Å². The minimum absolute atomic E-state index is 0.0503. The van der Waals surface area contributed by atoms with Crippen LogP contribution in [-0.2, 0) is 0 Å². The first-order chi connectivity index (χ1) is 13.2. The van der Waals surface area contributed by atoms with Crippen molar-refractivity contribution in [3.63, 3.8) is 0 Å². The summed E-state index contributed by atoms with van der Waals surface area (Å²) in [5.41, 5.74) is 5.50. The molecule has 5 nitrogen and oxygen atoms in total. The fourth-order valence-electron chi connectivity index (χ4n) is 3.72. The Bertz CT molecular complexity index is 1020. The van der Waals surface area contributed by atoms with Crippen LogP contribution in [-0.4, -0.2) is 38.2 Å². The lowest BCUT2D eigenvalue weighted by Gasteiger charge is -2.26. The second kappa shape index (κ2) is 7.74. The standard InChI is InChI=1S/C23H30N4O/c1-8-26(14(2)3)23(28)19-11-20(18-12-24-27(13-18)15(4)5)25-21-10-16(6)9-17(7)22(19)21/h9-15H,8H2,1-7H3. The maximum Gasteiger partial charge on any atom is 0.254 e. The second-order valence-corrected chi connectivity index (χ2v) is 8.02. The van der Waals surface area contributed by atoms with Crippen LogP contribution in [0.1, 0.15) is 62.1 Å². The van der Waals surface area contributed by atoms with Gasteiger partial charge in [0.25, 0.3) is 5.91 Å². The zero-order valence-electron chi connectivity index (χ0n) is 17.9. The van der Waals surface area contributed by atoms with Crippen molar-refractivity contribution in [2.75, 3.05) is 6.54 Å². The van der Waals surface area contributed by atoms with E-state index in [2.05, 4.69) is 58.8 Å². The highest BCUT2D eigenvalue weighted by molar-refractivity contribution is 6.08. The van der Waals surface area contributed by atoms with Gasteiger partial charge in [-0.3, -0.25) is 9.48 Å².